The van der Waals surface area contributed by atoms with Gasteiger partial charge in [-0.3, -0.25) is 4.98 Å². The molecule has 0 aliphatic heterocycles. The zero-order chi connectivity index (χ0) is 21.1. The third-order valence-corrected chi connectivity index (χ3v) is 7.65. The van der Waals surface area contributed by atoms with Crippen LogP contribution in [0.15, 0.2) is 28.9 Å². The molecule has 0 bridgehead atoms. The Morgan fingerprint density at radius 3 is 2.52 bits per heavy atom. The van der Waals surface area contributed by atoms with Crippen LogP contribution < -0.4 is 0 Å². The SMILES string of the molecule is CCS(=O)(=O)c1cc(C2CC2)cnc1-c1ncc(/C=C2\C(Cl)C2C(F)(F)F)n1C. The van der Waals surface area contributed by atoms with Crippen LogP contribution in [0.25, 0.3) is 17.6 Å². The van der Waals surface area contributed by atoms with Crippen LogP contribution in [0.5, 0.6) is 0 Å². The van der Waals surface area contributed by atoms with Gasteiger partial charge in [0.25, 0.3) is 0 Å². The highest BCUT2D eigenvalue weighted by molar-refractivity contribution is 7.91. The molecule has 2 aromatic rings. The Balaban J connectivity index is 1.76. The molecule has 0 spiro atoms. The van der Waals surface area contributed by atoms with E-state index >= 15 is 0 Å². The first kappa shape index (κ1) is 20.4. The number of rotatable bonds is 5. The van der Waals surface area contributed by atoms with E-state index in [1.165, 1.54) is 16.8 Å². The number of halogens is 4. The lowest BCUT2D eigenvalue weighted by Gasteiger charge is -2.11. The highest BCUT2D eigenvalue weighted by Gasteiger charge is 2.59. The Bertz CT molecular complexity index is 1100. The summed E-state index contributed by atoms with van der Waals surface area (Å²) in [6.07, 6.45) is 2.04. The van der Waals surface area contributed by atoms with Gasteiger partial charge in [-0.15, -0.1) is 11.6 Å². The van der Waals surface area contributed by atoms with Crippen molar-refractivity contribution >= 4 is 27.5 Å². The van der Waals surface area contributed by atoms with Crippen molar-refractivity contribution in [3.05, 3.63) is 35.3 Å². The largest absolute Gasteiger partial charge is 0.397 e. The van der Waals surface area contributed by atoms with Crippen molar-refractivity contribution in [3.8, 4) is 11.5 Å². The number of alkyl halides is 4. The highest BCUT2D eigenvalue weighted by atomic mass is 35.5. The lowest BCUT2D eigenvalue weighted by Crippen LogP contribution is -2.11. The average molecular weight is 446 g/mol. The van der Waals surface area contributed by atoms with Crippen molar-refractivity contribution in [1.82, 2.24) is 14.5 Å². The van der Waals surface area contributed by atoms with Crippen molar-refractivity contribution in [1.29, 1.82) is 0 Å². The Hall–Kier alpha value is -1.87. The van der Waals surface area contributed by atoms with Gasteiger partial charge in [0.05, 0.1) is 33.8 Å². The van der Waals surface area contributed by atoms with E-state index in [1.54, 1.807) is 26.2 Å². The summed E-state index contributed by atoms with van der Waals surface area (Å²) in [5.74, 6) is -1.13. The molecule has 2 aliphatic rings. The first-order valence-electron chi connectivity index (χ1n) is 9.21. The van der Waals surface area contributed by atoms with Gasteiger partial charge in [0.2, 0.25) is 0 Å². The molecule has 2 atom stereocenters. The summed E-state index contributed by atoms with van der Waals surface area (Å²) < 4.78 is 65.6. The van der Waals surface area contributed by atoms with Gasteiger partial charge < -0.3 is 4.57 Å². The standard InChI is InChI=1S/C19H19ClF3N3O2S/c1-3-29(27,28)14-6-11(10-4-5-10)8-24-17(14)18-25-9-12(26(18)2)7-13-15(16(13)20)19(21,22)23/h6-10,15-16H,3-5H2,1-2H3/b13-7-. The summed E-state index contributed by atoms with van der Waals surface area (Å²) in [5.41, 5.74) is 1.56. The lowest BCUT2D eigenvalue weighted by molar-refractivity contribution is -0.143. The minimum atomic E-state index is -4.39. The van der Waals surface area contributed by atoms with Crippen molar-refractivity contribution in [2.45, 2.75) is 42.1 Å². The van der Waals surface area contributed by atoms with Gasteiger partial charge in [0.1, 0.15) is 5.69 Å². The molecule has 2 fully saturated rings. The molecular formula is C19H19ClF3N3O2S. The number of pyridine rings is 1. The minimum Gasteiger partial charge on any atom is -0.326 e. The number of aromatic nitrogens is 3. The van der Waals surface area contributed by atoms with E-state index in [0.717, 1.165) is 18.4 Å². The molecule has 0 N–H and O–H groups in total. The van der Waals surface area contributed by atoms with E-state index in [4.69, 9.17) is 11.6 Å². The molecule has 5 nitrogen and oxygen atoms in total. The minimum absolute atomic E-state index is 0.0761. The maximum absolute atomic E-state index is 12.9. The van der Waals surface area contributed by atoms with Crippen LogP contribution in [0, 0.1) is 5.92 Å². The van der Waals surface area contributed by atoms with E-state index in [-0.39, 0.29) is 27.7 Å². The second-order valence-electron chi connectivity index (χ2n) is 7.42. The highest BCUT2D eigenvalue weighted by Crippen LogP contribution is 2.54. The van der Waals surface area contributed by atoms with E-state index in [0.29, 0.717) is 11.6 Å². The molecule has 2 unspecified atom stereocenters. The van der Waals surface area contributed by atoms with Crippen LogP contribution in [0.3, 0.4) is 0 Å². The predicted octanol–water partition coefficient (Wildman–Crippen LogP) is 4.34. The molecule has 2 heterocycles. The number of imidazole rings is 1. The summed E-state index contributed by atoms with van der Waals surface area (Å²) in [4.78, 5) is 8.72. The molecule has 2 saturated carbocycles. The van der Waals surface area contributed by atoms with Crippen LogP contribution in [-0.2, 0) is 16.9 Å². The van der Waals surface area contributed by atoms with Crippen LogP contribution in [0.1, 0.15) is 36.9 Å². The lowest BCUT2D eigenvalue weighted by atomic mass is 10.2. The van der Waals surface area contributed by atoms with E-state index in [2.05, 4.69) is 9.97 Å². The molecule has 0 aromatic carbocycles. The maximum atomic E-state index is 12.9. The predicted molar refractivity (Wildman–Crippen MR) is 103 cm³/mol. The van der Waals surface area contributed by atoms with Gasteiger partial charge in [0.15, 0.2) is 15.7 Å². The summed E-state index contributed by atoms with van der Waals surface area (Å²) in [6.45, 7) is 1.56. The van der Waals surface area contributed by atoms with Crippen LogP contribution in [0.2, 0.25) is 0 Å². The van der Waals surface area contributed by atoms with Crippen molar-refractivity contribution < 1.29 is 21.6 Å². The molecule has 4 rings (SSSR count). The number of hydrogen-bond acceptors (Lipinski definition) is 4. The fourth-order valence-electron chi connectivity index (χ4n) is 3.38. The normalized spacial score (nSPS) is 23.6. The number of hydrogen-bond donors (Lipinski definition) is 0. The monoisotopic (exact) mass is 445 g/mol. The topological polar surface area (TPSA) is 64.8 Å². The molecule has 2 aliphatic carbocycles. The second-order valence-corrected chi connectivity index (χ2v) is 10.1. The van der Waals surface area contributed by atoms with Crippen molar-refractivity contribution in [3.63, 3.8) is 0 Å². The van der Waals surface area contributed by atoms with Crippen LogP contribution in [0.4, 0.5) is 13.2 Å². The zero-order valence-corrected chi connectivity index (χ0v) is 17.3. The van der Waals surface area contributed by atoms with Crippen molar-refractivity contribution in [2.24, 2.45) is 13.0 Å². The van der Waals surface area contributed by atoms with E-state index < -0.39 is 27.3 Å². The number of allylic oxidation sites excluding steroid dienone is 1. The van der Waals surface area contributed by atoms with Gasteiger partial charge in [-0.05, 0) is 42.0 Å². The first-order chi connectivity index (χ1) is 13.5. The summed E-state index contributed by atoms with van der Waals surface area (Å²) >= 11 is 5.78. The van der Waals surface area contributed by atoms with Gasteiger partial charge in [-0.2, -0.15) is 13.2 Å². The molecule has 0 amide bonds. The third kappa shape index (κ3) is 3.70. The van der Waals surface area contributed by atoms with Gasteiger partial charge in [-0.1, -0.05) is 6.92 Å². The Labute approximate surface area is 171 Å². The molecule has 0 radical (unpaired) electrons. The number of nitrogens with zero attached hydrogens (tertiary/aromatic N) is 3. The molecule has 2 aromatic heterocycles. The Kier molecular flexibility index (Phi) is 4.81. The fourth-order valence-corrected chi connectivity index (χ4v) is 4.86. The van der Waals surface area contributed by atoms with Crippen molar-refractivity contribution in [2.75, 3.05) is 5.75 Å². The maximum Gasteiger partial charge on any atom is 0.397 e. The number of sulfone groups is 1. The summed E-state index contributed by atoms with van der Waals surface area (Å²) in [7, 11) is -1.95. The summed E-state index contributed by atoms with van der Waals surface area (Å²) in [6, 6.07) is 1.65. The quantitative estimate of drug-likeness (QED) is 0.642. The molecular weight excluding hydrogens is 427 g/mol. The molecule has 0 saturated heterocycles. The van der Waals surface area contributed by atoms with E-state index in [1.807, 2.05) is 0 Å². The zero-order valence-electron chi connectivity index (χ0n) is 15.7. The smallest absolute Gasteiger partial charge is 0.326 e. The Morgan fingerprint density at radius 2 is 1.97 bits per heavy atom. The molecule has 10 heteroatoms. The molecule has 29 heavy (non-hydrogen) atoms. The van der Waals surface area contributed by atoms with Crippen LogP contribution in [-0.4, -0.2) is 40.3 Å². The molecule has 156 valence electrons. The third-order valence-electron chi connectivity index (χ3n) is 5.40. The van der Waals surface area contributed by atoms with Gasteiger partial charge in [0, 0.05) is 13.2 Å². The first-order valence-corrected chi connectivity index (χ1v) is 11.3. The van der Waals surface area contributed by atoms with Crippen LogP contribution >= 0.6 is 11.6 Å². The summed E-state index contributed by atoms with van der Waals surface area (Å²) in [5, 5.41) is -1.08. The van der Waals surface area contributed by atoms with E-state index in [9.17, 15) is 21.6 Å². The Morgan fingerprint density at radius 1 is 1.28 bits per heavy atom. The van der Waals surface area contributed by atoms with Gasteiger partial charge >= 0.3 is 6.18 Å². The van der Waals surface area contributed by atoms with Gasteiger partial charge in [-0.25, -0.2) is 13.4 Å². The second kappa shape index (κ2) is 6.84. The average Bonchev–Trinajstić information content (AvgIpc) is 3.56. The fraction of sp³-hybridized carbons (Fsp3) is 0.474.